The van der Waals surface area contributed by atoms with Crippen molar-refractivity contribution in [1.82, 2.24) is 4.90 Å². The number of thioether (sulfide) groups is 1. The van der Waals surface area contributed by atoms with Crippen molar-refractivity contribution in [3.8, 4) is 17.2 Å². The van der Waals surface area contributed by atoms with Crippen LogP contribution in [0.25, 0.3) is 12.2 Å². The molecule has 1 atom stereocenters. The number of ether oxygens (including phenoxy) is 3. The lowest BCUT2D eigenvalue weighted by Crippen LogP contribution is -2.39. The van der Waals surface area contributed by atoms with E-state index in [1.807, 2.05) is 19.1 Å². The second kappa shape index (κ2) is 11.5. The molecule has 4 rings (SSSR count). The summed E-state index contributed by atoms with van der Waals surface area (Å²) >= 11 is 6.50. The molecule has 2 heterocycles. The van der Waals surface area contributed by atoms with Crippen LogP contribution in [-0.4, -0.2) is 60.8 Å². The molecule has 0 radical (unpaired) electrons. The number of hydrogen-bond donors (Lipinski definition) is 0. The fraction of sp³-hybridized carbons (Fsp3) is 0.269. The van der Waals surface area contributed by atoms with Crippen molar-refractivity contribution in [3.63, 3.8) is 0 Å². The molecule has 2 aromatic rings. The summed E-state index contributed by atoms with van der Waals surface area (Å²) in [6, 6.07) is 11.8. The average Bonchev–Trinajstić information content (AvgIpc) is 3.36. The van der Waals surface area contributed by atoms with Gasteiger partial charge in [-0.2, -0.15) is 0 Å². The third kappa shape index (κ3) is 6.60. The summed E-state index contributed by atoms with van der Waals surface area (Å²) in [5.41, 5.74) is 1.46. The lowest BCUT2D eigenvalue weighted by Gasteiger charge is -2.20. The minimum Gasteiger partial charge on any atom is -0.497 e. The maximum Gasteiger partial charge on any atom is 0.336 e. The fourth-order valence-electron chi connectivity index (χ4n) is 3.91. The van der Waals surface area contributed by atoms with Gasteiger partial charge in [0.25, 0.3) is 5.91 Å². The molecule has 0 spiro atoms. The van der Waals surface area contributed by atoms with Crippen molar-refractivity contribution < 1.29 is 32.2 Å². The molecule has 0 aliphatic carbocycles. The number of hydrogen-bond acceptors (Lipinski definition) is 9. The van der Waals surface area contributed by atoms with Gasteiger partial charge in [-0.25, -0.2) is 13.2 Å². The maximum absolute atomic E-state index is 13.0. The van der Waals surface area contributed by atoms with Crippen LogP contribution in [0.1, 0.15) is 24.5 Å². The van der Waals surface area contributed by atoms with E-state index in [4.69, 9.17) is 26.4 Å². The highest BCUT2D eigenvalue weighted by Gasteiger charge is 2.42. The molecule has 1 unspecified atom stereocenters. The fourth-order valence-corrected chi connectivity index (χ4v) is 7.01. The van der Waals surface area contributed by atoms with Gasteiger partial charge < -0.3 is 14.2 Å². The van der Waals surface area contributed by atoms with Crippen molar-refractivity contribution in [2.75, 3.05) is 25.2 Å². The number of benzene rings is 2. The zero-order valence-electron chi connectivity index (χ0n) is 20.2. The van der Waals surface area contributed by atoms with Gasteiger partial charge in [0.2, 0.25) is 0 Å². The van der Waals surface area contributed by atoms with Crippen LogP contribution in [0.4, 0.5) is 0 Å². The van der Waals surface area contributed by atoms with Crippen LogP contribution in [0.2, 0.25) is 0 Å². The second-order valence-corrected chi connectivity index (χ2v) is 12.2. The number of sulfone groups is 1. The zero-order valence-corrected chi connectivity index (χ0v) is 22.7. The van der Waals surface area contributed by atoms with Crippen molar-refractivity contribution in [2.45, 2.75) is 19.4 Å². The molecule has 194 valence electrons. The van der Waals surface area contributed by atoms with E-state index in [0.717, 1.165) is 23.1 Å². The minimum absolute atomic E-state index is 0.0565. The molecular weight excluding hydrogens is 534 g/mol. The van der Waals surface area contributed by atoms with Crippen molar-refractivity contribution in [1.29, 1.82) is 0 Å². The Morgan fingerprint density at radius 2 is 1.89 bits per heavy atom. The number of rotatable bonds is 8. The first-order valence-electron chi connectivity index (χ1n) is 11.5. The smallest absolute Gasteiger partial charge is 0.336 e. The molecule has 37 heavy (non-hydrogen) atoms. The molecule has 1 amide bonds. The molecule has 8 nitrogen and oxygen atoms in total. The Bertz CT molecular complexity index is 1380. The highest BCUT2D eigenvalue weighted by atomic mass is 32.2. The summed E-state index contributed by atoms with van der Waals surface area (Å²) in [5, 5.41) is 0. The Morgan fingerprint density at radius 1 is 1.16 bits per heavy atom. The highest BCUT2D eigenvalue weighted by molar-refractivity contribution is 8.26. The number of thiocarbonyl (C=S) groups is 1. The van der Waals surface area contributed by atoms with E-state index in [9.17, 15) is 18.0 Å². The number of carbonyl (C=O) groups is 2. The SMILES string of the molecule is CCOc1cc(/C=C2/SC(=S)N(C3CCS(=O)(=O)C3)C2=O)ccc1OC(=O)/C=C/c1ccc(OC)cc1. The first kappa shape index (κ1) is 26.9. The van der Waals surface area contributed by atoms with Gasteiger partial charge in [0, 0.05) is 6.08 Å². The molecule has 2 saturated heterocycles. The molecule has 2 fully saturated rings. The lowest BCUT2D eigenvalue weighted by atomic mass is 10.1. The first-order chi connectivity index (χ1) is 17.7. The van der Waals surface area contributed by atoms with Crippen LogP contribution in [0.15, 0.2) is 53.4 Å². The lowest BCUT2D eigenvalue weighted by molar-refractivity contribution is -0.129. The van der Waals surface area contributed by atoms with Crippen molar-refractivity contribution in [3.05, 3.63) is 64.6 Å². The number of methoxy groups -OCH3 is 1. The molecule has 0 bridgehead atoms. The normalized spacial score (nSPS) is 20.1. The summed E-state index contributed by atoms with van der Waals surface area (Å²) in [7, 11) is -1.57. The van der Waals surface area contributed by atoms with Crippen LogP contribution in [0, 0.1) is 0 Å². The molecular formula is C26H25NO7S3. The monoisotopic (exact) mass is 559 g/mol. The zero-order chi connectivity index (χ0) is 26.6. The predicted molar refractivity (Wildman–Crippen MR) is 147 cm³/mol. The van der Waals surface area contributed by atoms with Crippen molar-refractivity contribution >= 4 is 62.2 Å². The standard InChI is InChI=1S/C26H25NO7S3/c1-3-33-22-14-18(15-23-25(29)27(26(35)36-23)19-12-13-37(30,31)16-19)6-10-21(22)34-24(28)11-7-17-4-8-20(32-2)9-5-17/h4-11,14-15,19H,3,12-13,16H2,1-2H3/b11-7+,23-15+. The Kier molecular flexibility index (Phi) is 8.35. The molecule has 0 saturated carbocycles. The summed E-state index contributed by atoms with van der Waals surface area (Å²) in [5.74, 6) is 0.405. The maximum atomic E-state index is 13.0. The van der Waals surface area contributed by atoms with E-state index in [0.29, 0.717) is 33.6 Å². The molecule has 0 N–H and O–H groups in total. The minimum atomic E-state index is -3.16. The molecule has 2 aliphatic rings. The van der Waals surface area contributed by atoms with Crippen LogP contribution in [0.3, 0.4) is 0 Å². The van der Waals surface area contributed by atoms with E-state index in [-0.39, 0.29) is 23.2 Å². The number of carbonyl (C=O) groups excluding carboxylic acids is 2. The Hall–Kier alpha value is -3.15. The van der Waals surface area contributed by atoms with Crippen LogP contribution < -0.4 is 14.2 Å². The number of amides is 1. The van der Waals surface area contributed by atoms with Gasteiger partial charge in [-0.1, -0.05) is 42.2 Å². The Morgan fingerprint density at radius 3 is 2.54 bits per heavy atom. The Labute approximate surface area is 225 Å². The van der Waals surface area contributed by atoms with Gasteiger partial charge in [0.1, 0.15) is 10.1 Å². The van der Waals surface area contributed by atoms with Gasteiger partial charge in [0.05, 0.1) is 36.2 Å². The summed E-state index contributed by atoms with van der Waals surface area (Å²) in [6.45, 7) is 2.15. The van der Waals surface area contributed by atoms with E-state index in [1.54, 1.807) is 49.6 Å². The largest absolute Gasteiger partial charge is 0.497 e. The summed E-state index contributed by atoms with van der Waals surface area (Å²) in [6.07, 6.45) is 5.00. The van der Waals surface area contributed by atoms with E-state index in [2.05, 4.69) is 0 Å². The quantitative estimate of drug-likeness (QED) is 0.205. The van der Waals surface area contributed by atoms with Gasteiger partial charge in [-0.3, -0.25) is 9.69 Å². The number of esters is 1. The summed E-state index contributed by atoms with van der Waals surface area (Å²) in [4.78, 5) is 27.2. The molecule has 11 heteroatoms. The van der Waals surface area contributed by atoms with Crippen LogP contribution in [0.5, 0.6) is 17.2 Å². The van der Waals surface area contributed by atoms with E-state index < -0.39 is 21.8 Å². The highest BCUT2D eigenvalue weighted by Crippen LogP contribution is 2.37. The van der Waals surface area contributed by atoms with Crippen LogP contribution >= 0.6 is 24.0 Å². The van der Waals surface area contributed by atoms with Gasteiger partial charge >= 0.3 is 5.97 Å². The third-order valence-corrected chi connectivity index (χ3v) is 8.78. The Balaban J connectivity index is 1.48. The number of nitrogens with zero attached hydrogens (tertiary/aromatic N) is 1. The third-order valence-electron chi connectivity index (χ3n) is 5.70. The van der Waals surface area contributed by atoms with E-state index >= 15 is 0 Å². The predicted octanol–water partition coefficient (Wildman–Crippen LogP) is 4.10. The van der Waals surface area contributed by atoms with Gasteiger partial charge in [0.15, 0.2) is 21.3 Å². The molecule has 2 aliphatic heterocycles. The van der Waals surface area contributed by atoms with Crippen LogP contribution in [-0.2, 0) is 19.4 Å². The second-order valence-electron chi connectivity index (χ2n) is 8.28. The van der Waals surface area contributed by atoms with E-state index in [1.165, 1.54) is 11.0 Å². The summed E-state index contributed by atoms with van der Waals surface area (Å²) < 4.78 is 40.3. The van der Waals surface area contributed by atoms with Gasteiger partial charge in [-0.15, -0.1) is 0 Å². The van der Waals surface area contributed by atoms with Crippen molar-refractivity contribution in [2.24, 2.45) is 0 Å². The molecule has 2 aromatic carbocycles. The first-order valence-corrected chi connectivity index (χ1v) is 14.5. The van der Waals surface area contributed by atoms with Gasteiger partial charge in [-0.05, 0) is 60.9 Å². The average molecular weight is 560 g/mol. The topological polar surface area (TPSA) is 99.2 Å². The molecule has 0 aromatic heterocycles.